The van der Waals surface area contributed by atoms with Crippen LogP contribution in [0.1, 0.15) is 36.5 Å². The second-order valence-corrected chi connectivity index (χ2v) is 4.63. The van der Waals surface area contributed by atoms with E-state index in [1.165, 1.54) is 12.8 Å². The summed E-state index contributed by atoms with van der Waals surface area (Å²) in [6.07, 6.45) is 3.01. The van der Waals surface area contributed by atoms with Crippen LogP contribution in [0.4, 0.5) is 0 Å². The van der Waals surface area contributed by atoms with Gasteiger partial charge in [0.25, 0.3) is 0 Å². The highest BCUT2D eigenvalue weighted by Crippen LogP contribution is 2.39. The molecule has 0 aromatic heterocycles. The quantitative estimate of drug-likeness (QED) is 0.810. The summed E-state index contributed by atoms with van der Waals surface area (Å²) in [5, 5.41) is 10.6. The predicted octanol–water partition coefficient (Wildman–Crippen LogP) is 3.48. The zero-order chi connectivity index (χ0) is 10.1. The van der Waals surface area contributed by atoms with E-state index in [4.69, 9.17) is 11.6 Å². The van der Waals surface area contributed by atoms with Crippen molar-refractivity contribution in [2.24, 2.45) is 5.92 Å². The van der Waals surface area contributed by atoms with Gasteiger partial charge in [0.05, 0.1) is 6.10 Å². The normalized spacial score (nSPS) is 18.2. The largest absolute Gasteiger partial charge is 0.388 e. The molecule has 0 saturated heterocycles. The molecule has 76 valence electrons. The Labute approximate surface area is 89.7 Å². The Morgan fingerprint density at radius 2 is 2.21 bits per heavy atom. The lowest BCUT2D eigenvalue weighted by molar-refractivity contribution is 0.160. The third kappa shape index (κ3) is 2.28. The number of hydrogen-bond donors (Lipinski definition) is 1. The second-order valence-electron chi connectivity index (χ2n) is 4.22. The zero-order valence-corrected chi connectivity index (χ0v) is 9.09. The van der Waals surface area contributed by atoms with Crippen molar-refractivity contribution < 1.29 is 5.11 Å². The van der Waals surface area contributed by atoms with Gasteiger partial charge in [-0.15, -0.1) is 0 Å². The molecule has 1 aliphatic rings. The second kappa shape index (κ2) is 3.92. The van der Waals surface area contributed by atoms with E-state index in [0.29, 0.717) is 5.02 Å². The number of benzene rings is 1. The fraction of sp³-hybridized carbons (Fsp3) is 0.500. The van der Waals surface area contributed by atoms with Crippen LogP contribution in [-0.4, -0.2) is 5.11 Å². The highest BCUT2D eigenvalue weighted by Gasteiger charge is 2.25. The van der Waals surface area contributed by atoms with E-state index >= 15 is 0 Å². The molecule has 0 aliphatic heterocycles. The predicted molar refractivity (Wildman–Crippen MR) is 58.5 cm³/mol. The van der Waals surface area contributed by atoms with Crippen molar-refractivity contribution in [2.45, 2.75) is 32.3 Å². The minimum atomic E-state index is -0.379. The molecular weight excluding hydrogens is 196 g/mol. The van der Waals surface area contributed by atoms with Gasteiger partial charge in [0, 0.05) is 5.02 Å². The van der Waals surface area contributed by atoms with Gasteiger partial charge in [-0.2, -0.15) is 0 Å². The maximum Gasteiger partial charge on any atom is 0.0807 e. The number of hydrogen-bond acceptors (Lipinski definition) is 1. The Hall–Kier alpha value is -0.530. The molecule has 0 spiro atoms. The van der Waals surface area contributed by atoms with Gasteiger partial charge >= 0.3 is 0 Å². The highest BCUT2D eigenvalue weighted by atomic mass is 35.5. The number of rotatable bonds is 3. The molecule has 2 heteroatoms. The summed E-state index contributed by atoms with van der Waals surface area (Å²) in [6, 6.07) is 5.84. The standard InChI is InChI=1S/C12H15ClO/c1-8-2-5-10(11(13)6-8)12(14)7-9-3-4-9/h2,5-6,9,12,14H,3-4,7H2,1H3. The van der Waals surface area contributed by atoms with Gasteiger partial charge in [0.1, 0.15) is 0 Å². The summed E-state index contributed by atoms with van der Waals surface area (Å²) < 4.78 is 0. The lowest BCUT2D eigenvalue weighted by Crippen LogP contribution is -1.99. The van der Waals surface area contributed by atoms with E-state index in [1.54, 1.807) is 0 Å². The van der Waals surface area contributed by atoms with Gasteiger partial charge in [-0.3, -0.25) is 0 Å². The first-order valence-corrected chi connectivity index (χ1v) is 5.48. The molecule has 1 fully saturated rings. The molecule has 0 amide bonds. The van der Waals surface area contributed by atoms with Gasteiger partial charge in [-0.25, -0.2) is 0 Å². The first kappa shape index (κ1) is 10.0. The van der Waals surface area contributed by atoms with E-state index < -0.39 is 0 Å². The lowest BCUT2D eigenvalue weighted by atomic mass is 10.0. The molecule has 0 radical (unpaired) electrons. The number of aliphatic hydroxyl groups is 1. The van der Waals surface area contributed by atoms with Crippen molar-refractivity contribution >= 4 is 11.6 Å². The molecule has 1 aromatic carbocycles. The Morgan fingerprint density at radius 3 is 2.79 bits per heavy atom. The average Bonchev–Trinajstić information content (AvgIpc) is 2.87. The van der Waals surface area contributed by atoms with Crippen LogP contribution in [-0.2, 0) is 0 Å². The van der Waals surface area contributed by atoms with Crippen LogP contribution in [0, 0.1) is 12.8 Å². The van der Waals surface area contributed by atoms with Crippen molar-refractivity contribution in [3.05, 3.63) is 34.3 Å². The van der Waals surface area contributed by atoms with Crippen LogP contribution in [0.25, 0.3) is 0 Å². The number of aliphatic hydroxyl groups excluding tert-OH is 1. The van der Waals surface area contributed by atoms with Gasteiger partial charge in [0.15, 0.2) is 0 Å². The number of aryl methyl sites for hydroxylation is 1. The molecule has 2 rings (SSSR count). The van der Waals surface area contributed by atoms with Gasteiger partial charge in [-0.1, -0.05) is 36.6 Å². The molecule has 1 saturated carbocycles. The van der Waals surface area contributed by atoms with E-state index in [2.05, 4.69) is 0 Å². The molecule has 14 heavy (non-hydrogen) atoms. The fourth-order valence-electron chi connectivity index (χ4n) is 1.70. The monoisotopic (exact) mass is 210 g/mol. The summed E-state index contributed by atoms with van der Waals surface area (Å²) in [5.41, 5.74) is 2.02. The van der Waals surface area contributed by atoms with Crippen LogP contribution >= 0.6 is 11.6 Å². The summed E-state index contributed by atoms with van der Waals surface area (Å²) in [7, 11) is 0. The Bertz CT molecular complexity index is 331. The number of halogens is 1. The summed E-state index contributed by atoms with van der Waals surface area (Å²) in [4.78, 5) is 0. The minimum Gasteiger partial charge on any atom is -0.388 e. The van der Waals surface area contributed by atoms with Crippen molar-refractivity contribution in [1.29, 1.82) is 0 Å². The van der Waals surface area contributed by atoms with E-state index in [9.17, 15) is 5.11 Å². The SMILES string of the molecule is Cc1ccc(C(O)CC2CC2)c(Cl)c1. The highest BCUT2D eigenvalue weighted by molar-refractivity contribution is 6.31. The van der Waals surface area contributed by atoms with Crippen LogP contribution in [0.2, 0.25) is 5.02 Å². The van der Waals surface area contributed by atoms with E-state index in [0.717, 1.165) is 23.5 Å². The Kier molecular flexibility index (Phi) is 2.80. The maximum absolute atomic E-state index is 9.92. The third-order valence-electron chi connectivity index (χ3n) is 2.77. The molecule has 1 atom stereocenters. The molecule has 1 aliphatic carbocycles. The molecule has 1 unspecified atom stereocenters. The molecule has 1 aromatic rings. The molecule has 1 nitrogen and oxygen atoms in total. The van der Waals surface area contributed by atoms with E-state index in [1.807, 2.05) is 25.1 Å². The summed E-state index contributed by atoms with van der Waals surface area (Å²) in [6.45, 7) is 2.00. The van der Waals surface area contributed by atoms with Crippen molar-refractivity contribution in [3.63, 3.8) is 0 Å². The molecule has 0 bridgehead atoms. The molecular formula is C12H15ClO. The fourth-order valence-corrected chi connectivity index (χ4v) is 2.06. The molecule has 1 N–H and O–H groups in total. The summed E-state index contributed by atoms with van der Waals surface area (Å²) >= 11 is 6.07. The minimum absolute atomic E-state index is 0.379. The van der Waals surface area contributed by atoms with Crippen molar-refractivity contribution in [3.8, 4) is 0 Å². The van der Waals surface area contributed by atoms with Crippen LogP contribution < -0.4 is 0 Å². The van der Waals surface area contributed by atoms with Gasteiger partial charge < -0.3 is 5.11 Å². The first-order valence-electron chi connectivity index (χ1n) is 5.11. The van der Waals surface area contributed by atoms with E-state index in [-0.39, 0.29) is 6.10 Å². The van der Waals surface area contributed by atoms with Crippen molar-refractivity contribution in [1.82, 2.24) is 0 Å². The average molecular weight is 211 g/mol. The summed E-state index contributed by atoms with van der Waals surface area (Å²) in [5.74, 6) is 0.724. The smallest absolute Gasteiger partial charge is 0.0807 e. The van der Waals surface area contributed by atoms with Crippen LogP contribution in [0.15, 0.2) is 18.2 Å². The van der Waals surface area contributed by atoms with Crippen molar-refractivity contribution in [2.75, 3.05) is 0 Å². The van der Waals surface area contributed by atoms with Gasteiger partial charge in [0.2, 0.25) is 0 Å². The Balaban J connectivity index is 2.13. The lowest BCUT2D eigenvalue weighted by Gasteiger charge is -2.12. The third-order valence-corrected chi connectivity index (χ3v) is 3.10. The topological polar surface area (TPSA) is 20.2 Å². The first-order chi connectivity index (χ1) is 6.66. The Morgan fingerprint density at radius 1 is 1.50 bits per heavy atom. The van der Waals surface area contributed by atoms with Gasteiger partial charge in [-0.05, 0) is 36.5 Å². The molecule has 0 heterocycles. The maximum atomic E-state index is 9.92. The zero-order valence-electron chi connectivity index (χ0n) is 8.33. The van der Waals surface area contributed by atoms with Crippen LogP contribution in [0.3, 0.4) is 0 Å². The van der Waals surface area contributed by atoms with Crippen LogP contribution in [0.5, 0.6) is 0 Å².